The predicted octanol–water partition coefficient (Wildman–Crippen LogP) is 1.72. The number of nitrogens with zero attached hydrogens (tertiary/aromatic N) is 2. The molecule has 0 amide bonds. The van der Waals surface area contributed by atoms with Gasteiger partial charge in [0.15, 0.2) is 0 Å². The van der Waals surface area contributed by atoms with E-state index in [0.29, 0.717) is 10.4 Å². The predicted molar refractivity (Wildman–Crippen MR) is 43.3 cm³/mol. The van der Waals surface area contributed by atoms with Crippen LogP contribution in [0.3, 0.4) is 0 Å². The summed E-state index contributed by atoms with van der Waals surface area (Å²) < 4.78 is 24.7. The first-order valence-corrected chi connectivity index (χ1v) is 3.20. The van der Waals surface area contributed by atoms with Gasteiger partial charge in [0.2, 0.25) is 0 Å². The summed E-state index contributed by atoms with van der Waals surface area (Å²) in [4.78, 5) is 0. The minimum Gasteiger partial charge on any atom is -0.323 e. The average Bonchev–Trinajstić information content (AvgIpc) is 2.32. The van der Waals surface area contributed by atoms with Gasteiger partial charge in [0.1, 0.15) is 0 Å². The lowest BCUT2D eigenvalue weighted by atomic mass is 10.2. The summed E-state index contributed by atoms with van der Waals surface area (Å²) in [6, 6.07) is 1.07. The molecule has 0 fully saturated rings. The second kappa shape index (κ2) is 4.37. The molecule has 0 unspecified atom stereocenters. The van der Waals surface area contributed by atoms with Gasteiger partial charge in [-0.05, 0) is 13.0 Å². The fourth-order valence-electron chi connectivity index (χ4n) is 0.848. The highest BCUT2D eigenvalue weighted by molar-refractivity contribution is 5.85. The van der Waals surface area contributed by atoms with Gasteiger partial charge in [0, 0.05) is 12.2 Å². The van der Waals surface area contributed by atoms with E-state index in [2.05, 4.69) is 5.10 Å². The van der Waals surface area contributed by atoms with Gasteiger partial charge in [-0.1, -0.05) is 0 Å². The fourth-order valence-corrected chi connectivity index (χ4v) is 0.848. The number of aromatic nitrogens is 2. The molecular weight excluding hydrogens is 188 g/mol. The van der Waals surface area contributed by atoms with E-state index in [1.165, 1.54) is 12.3 Å². The number of nitrogens with two attached hydrogens (primary N) is 1. The third-order valence-electron chi connectivity index (χ3n) is 1.35. The highest BCUT2D eigenvalue weighted by Crippen LogP contribution is 2.16. The molecule has 0 aliphatic rings. The van der Waals surface area contributed by atoms with E-state index < -0.39 is 12.6 Å². The van der Waals surface area contributed by atoms with Crippen LogP contribution in [0.2, 0.25) is 0 Å². The van der Waals surface area contributed by atoms with Gasteiger partial charge in [-0.15, -0.1) is 12.4 Å². The molecule has 0 radical (unpaired) electrons. The van der Waals surface area contributed by atoms with Crippen molar-refractivity contribution in [3.8, 4) is 0 Å². The summed E-state index contributed by atoms with van der Waals surface area (Å²) in [5.41, 5.74) is 5.75. The summed E-state index contributed by atoms with van der Waals surface area (Å²) in [5.74, 6) is 0. The molecule has 2 N–H and O–H groups in total. The van der Waals surface area contributed by atoms with Crippen LogP contribution in [0.4, 0.5) is 8.78 Å². The van der Waals surface area contributed by atoms with Gasteiger partial charge in [-0.25, -0.2) is 4.68 Å². The van der Waals surface area contributed by atoms with Crippen molar-refractivity contribution in [3.63, 3.8) is 0 Å². The van der Waals surface area contributed by atoms with Crippen molar-refractivity contribution >= 4 is 12.4 Å². The van der Waals surface area contributed by atoms with Crippen molar-refractivity contribution in [1.29, 1.82) is 0 Å². The minimum atomic E-state index is -2.61. The van der Waals surface area contributed by atoms with Gasteiger partial charge < -0.3 is 5.73 Å². The largest absolute Gasteiger partial charge is 0.333 e. The standard InChI is InChI=1S/C6H9F2N3.ClH/c1-4(9)5-2-3-10-11(5)6(7)8;/h2-4,6H,9H2,1H3;1H/t4-;/m0./s1. The second-order valence-electron chi connectivity index (χ2n) is 2.27. The van der Waals surface area contributed by atoms with Crippen molar-refractivity contribution < 1.29 is 8.78 Å². The molecule has 12 heavy (non-hydrogen) atoms. The zero-order valence-electron chi connectivity index (χ0n) is 6.45. The van der Waals surface area contributed by atoms with Crippen LogP contribution in [0.5, 0.6) is 0 Å². The maximum absolute atomic E-state index is 12.1. The van der Waals surface area contributed by atoms with E-state index in [4.69, 9.17) is 5.73 Å². The van der Waals surface area contributed by atoms with Crippen LogP contribution < -0.4 is 5.73 Å². The van der Waals surface area contributed by atoms with Crippen molar-refractivity contribution in [2.75, 3.05) is 0 Å². The maximum Gasteiger partial charge on any atom is 0.333 e. The molecule has 1 rings (SSSR count). The Morgan fingerprint density at radius 3 is 2.50 bits per heavy atom. The first-order valence-electron chi connectivity index (χ1n) is 3.20. The van der Waals surface area contributed by atoms with Gasteiger partial charge in [-0.2, -0.15) is 13.9 Å². The topological polar surface area (TPSA) is 43.8 Å². The molecule has 0 saturated carbocycles. The Morgan fingerprint density at radius 2 is 2.17 bits per heavy atom. The molecule has 1 heterocycles. The lowest BCUT2D eigenvalue weighted by Crippen LogP contribution is -2.13. The molecule has 0 aliphatic heterocycles. The second-order valence-corrected chi connectivity index (χ2v) is 2.27. The number of hydrogen-bond acceptors (Lipinski definition) is 2. The lowest BCUT2D eigenvalue weighted by molar-refractivity contribution is 0.0525. The van der Waals surface area contributed by atoms with Crippen LogP contribution in [0.15, 0.2) is 12.3 Å². The zero-order valence-corrected chi connectivity index (χ0v) is 7.26. The highest BCUT2D eigenvalue weighted by Gasteiger charge is 2.13. The molecule has 0 aromatic carbocycles. The van der Waals surface area contributed by atoms with Crippen LogP contribution in [0, 0.1) is 0 Å². The van der Waals surface area contributed by atoms with Crippen LogP contribution >= 0.6 is 12.4 Å². The quantitative estimate of drug-likeness (QED) is 0.785. The molecule has 3 nitrogen and oxygen atoms in total. The summed E-state index contributed by atoms with van der Waals surface area (Å²) in [5, 5.41) is 3.42. The molecule has 1 atom stereocenters. The fraction of sp³-hybridized carbons (Fsp3) is 0.500. The molecule has 0 spiro atoms. The smallest absolute Gasteiger partial charge is 0.323 e. The first-order chi connectivity index (χ1) is 5.13. The van der Waals surface area contributed by atoms with Gasteiger partial charge >= 0.3 is 6.55 Å². The Hall–Kier alpha value is -0.680. The van der Waals surface area contributed by atoms with E-state index in [9.17, 15) is 8.78 Å². The summed E-state index contributed by atoms with van der Waals surface area (Å²) >= 11 is 0. The summed E-state index contributed by atoms with van der Waals surface area (Å²) in [7, 11) is 0. The summed E-state index contributed by atoms with van der Waals surface area (Å²) in [6.07, 6.45) is 1.31. The Kier molecular flexibility index (Phi) is 4.12. The van der Waals surface area contributed by atoms with Crippen molar-refractivity contribution in [3.05, 3.63) is 18.0 Å². The lowest BCUT2D eigenvalue weighted by Gasteiger charge is -2.07. The SMILES string of the molecule is C[C@H](N)c1ccnn1C(F)F.Cl. The molecule has 1 aromatic heterocycles. The van der Waals surface area contributed by atoms with Crippen molar-refractivity contribution in [1.82, 2.24) is 9.78 Å². The molecular formula is C6H10ClF2N3. The average molecular weight is 198 g/mol. The van der Waals surface area contributed by atoms with E-state index in [1.54, 1.807) is 6.92 Å². The normalized spacial score (nSPS) is 12.8. The monoisotopic (exact) mass is 197 g/mol. The zero-order chi connectivity index (χ0) is 8.43. The molecule has 0 aliphatic carbocycles. The summed E-state index contributed by atoms with van der Waals surface area (Å²) in [6.45, 7) is -0.971. The van der Waals surface area contributed by atoms with E-state index in [1.807, 2.05) is 0 Å². The Labute approximate surface area is 75.0 Å². The Morgan fingerprint density at radius 1 is 1.58 bits per heavy atom. The van der Waals surface area contributed by atoms with Crippen molar-refractivity contribution in [2.24, 2.45) is 5.73 Å². The van der Waals surface area contributed by atoms with Crippen LogP contribution in [-0.2, 0) is 0 Å². The van der Waals surface area contributed by atoms with E-state index >= 15 is 0 Å². The van der Waals surface area contributed by atoms with E-state index in [0.717, 1.165) is 0 Å². The van der Waals surface area contributed by atoms with Crippen LogP contribution in [-0.4, -0.2) is 9.78 Å². The van der Waals surface area contributed by atoms with Gasteiger partial charge in [-0.3, -0.25) is 0 Å². The number of halogens is 3. The number of hydrogen-bond donors (Lipinski definition) is 1. The Balaban J connectivity index is 0.00000121. The molecule has 0 bridgehead atoms. The molecule has 1 aromatic rings. The van der Waals surface area contributed by atoms with E-state index in [-0.39, 0.29) is 12.4 Å². The van der Waals surface area contributed by atoms with Gasteiger partial charge in [0.25, 0.3) is 0 Å². The highest BCUT2D eigenvalue weighted by atomic mass is 35.5. The van der Waals surface area contributed by atoms with Gasteiger partial charge in [0.05, 0.1) is 5.69 Å². The first kappa shape index (κ1) is 11.3. The van der Waals surface area contributed by atoms with Crippen LogP contribution in [0.25, 0.3) is 0 Å². The Bertz CT molecular complexity index is 214. The third-order valence-corrected chi connectivity index (χ3v) is 1.35. The molecule has 6 heteroatoms. The molecule has 0 saturated heterocycles. The van der Waals surface area contributed by atoms with Crippen LogP contribution in [0.1, 0.15) is 25.2 Å². The maximum atomic E-state index is 12.1. The number of alkyl halides is 2. The number of rotatable bonds is 2. The molecule has 70 valence electrons. The van der Waals surface area contributed by atoms with Crippen molar-refractivity contribution in [2.45, 2.75) is 19.5 Å². The minimum absolute atomic E-state index is 0. The third kappa shape index (κ3) is 2.15.